The Morgan fingerprint density at radius 1 is 1.10 bits per heavy atom. The third kappa shape index (κ3) is 2.67. The fourth-order valence-corrected chi connectivity index (χ4v) is 4.10. The molecule has 0 radical (unpaired) electrons. The minimum absolute atomic E-state index is 0.0898. The van der Waals surface area contributed by atoms with Crippen molar-refractivity contribution in [3.8, 4) is 23.0 Å². The summed E-state index contributed by atoms with van der Waals surface area (Å²) in [6.45, 7) is 8.47. The first-order valence-electron chi connectivity index (χ1n) is 9.96. The Morgan fingerprint density at radius 2 is 1.90 bits per heavy atom. The lowest BCUT2D eigenvalue weighted by molar-refractivity contribution is 0.496. The van der Waals surface area contributed by atoms with E-state index in [-0.39, 0.29) is 12.1 Å². The summed E-state index contributed by atoms with van der Waals surface area (Å²) >= 11 is 0. The van der Waals surface area contributed by atoms with Crippen LogP contribution in [-0.2, 0) is 0 Å². The molecule has 0 fully saturated rings. The summed E-state index contributed by atoms with van der Waals surface area (Å²) in [4.78, 5) is 24.8. The Hall–Kier alpha value is -3.69. The van der Waals surface area contributed by atoms with Crippen molar-refractivity contribution in [1.82, 2.24) is 44.3 Å². The summed E-state index contributed by atoms with van der Waals surface area (Å²) in [5.74, 6) is 3.04. The van der Waals surface area contributed by atoms with Crippen molar-refractivity contribution in [3.63, 3.8) is 0 Å². The number of fused-ring (bicyclic) bond motifs is 3. The monoisotopic (exact) mass is 402 g/mol. The van der Waals surface area contributed by atoms with E-state index in [0.717, 1.165) is 35.0 Å². The molecule has 4 aromatic rings. The van der Waals surface area contributed by atoms with E-state index >= 15 is 0 Å². The molecule has 30 heavy (non-hydrogen) atoms. The van der Waals surface area contributed by atoms with Gasteiger partial charge in [0.15, 0.2) is 11.6 Å². The molecule has 0 saturated heterocycles. The van der Waals surface area contributed by atoms with E-state index in [1.807, 2.05) is 22.3 Å². The second-order valence-corrected chi connectivity index (χ2v) is 7.51. The Bertz CT molecular complexity index is 1190. The molecule has 1 aliphatic heterocycles. The highest BCUT2D eigenvalue weighted by Gasteiger charge is 2.36. The highest BCUT2D eigenvalue weighted by Crippen LogP contribution is 2.40. The molecule has 0 bridgehead atoms. The highest BCUT2D eigenvalue weighted by molar-refractivity contribution is 5.66. The number of hydrogen-bond acceptors (Lipinski definition) is 8. The number of anilines is 1. The van der Waals surface area contributed by atoms with Crippen LogP contribution in [0.4, 0.5) is 5.82 Å². The maximum absolute atomic E-state index is 5.00. The number of nitrogens with zero attached hydrogens (tertiary/aromatic N) is 10. The van der Waals surface area contributed by atoms with E-state index in [2.05, 4.69) is 50.8 Å². The molecule has 5 rings (SSSR count). The summed E-state index contributed by atoms with van der Waals surface area (Å²) in [7, 11) is 0. The first-order chi connectivity index (χ1) is 14.6. The molecule has 0 spiro atoms. The maximum Gasteiger partial charge on any atom is 0.237 e. The molecule has 0 saturated carbocycles. The molecule has 0 unspecified atom stereocenters. The van der Waals surface area contributed by atoms with E-state index in [0.29, 0.717) is 11.8 Å². The predicted molar refractivity (Wildman–Crippen MR) is 110 cm³/mol. The summed E-state index contributed by atoms with van der Waals surface area (Å²) in [5, 5.41) is 8.56. The predicted octanol–water partition coefficient (Wildman–Crippen LogP) is 2.69. The lowest BCUT2D eigenvalue weighted by atomic mass is 10.1. The molecule has 152 valence electrons. The van der Waals surface area contributed by atoms with Crippen LogP contribution >= 0.6 is 0 Å². The standard InChI is InChI=1S/C20H22N10/c1-5-15-18-27-24-11-29(18)16-13(4)25-20(26-19(16)30(15)12(2)3)28-7-6-23-17(28)14-8-21-10-22-9-14/h6-12,15H,5H2,1-4H3/t15-/m1/s1. The lowest BCUT2D eigenvalue weighted by Gasteiger charge is -2.40. The Labute approximate surface area is 173 Å². The fourth-order valence-electron chi connectivity index (χ4n) is 4.10. The summed E-state index contributed by atoms with van der Waals surface area (Å²) in [6, 6.07) is 0.318. The van der Waals surface area contributed by atoms with Crippen LogP contribution in [0.1, 0.15) is 44.8 Å². The zero-order valence-electron chi connectivity index (χ0n) is 17.3. The van der Waals surface area contributed by atoms with Crippen LogP contribution in [0.2, 0.25) is 0 Å². The molecule has 4 aromatic heterocycles. The van der Waals surface area contributed by atoms with Crippen LogP contribution in [0.5, 0.6) is 0 Å². The highest BCUT2D eigenvalue weighted by atomic mass is 15.4. The average Bonchev–Trinajstić information content (AvgIpc) is 3.42. The van der Waals surface area contributed by atoms with Gasteiger partial charge in [0.1, 0.15) is 24.2 Å². The van der Waals surface area contributed by atoms with Gasteiger partial charge in [-0.3, -0.25) is 9.13 Å². The van der Waals surface area contributed by atoms with Crippen molar-refractivity contribution in [1.29, 1.82) is 0 Å². The molecular weight excluding hydrogens is 380 g/mol. The Balaban J connectivity index is 1.73. The van der Waals surface area contributed by atoms with Gasteiger partial charge in [0.2, 0.25) is 5.95 Å². The van der Waals surface area contributed by atoms with Crippen LogP contribution in [0, 0.1) is 6.92 Å². The molecule has 0 aromatic carbocycles. The number of imidazole rings is 1. The molecule has 1 atom stereocenters. The third-order valence-corrected chi connectivity index (χ3v) is 5.34. The molecule has 0 N–H and O–H groups in total. The minimum atomic E-state index is 0.0898. The number of hydrogen-bond donors (Lipinski definition) is 0. The van der Waals surface area contributed by atoms with Crippen LogP contribution in [0.3, 0.4) is 0 Å². The van der Waals surface area contributed by atoms with Gasteiger partial charge >= 0.3 is 0 Å². The molecule has 0 aliphatic carbocycles. The summed E-state index contributed by atoms with van der Waals surface area (Å²) < 4.78 is 3.88. The van der Waals surface area contributed by atoms with Crippen molar-refractivity contribution in [2.75, 3.05) is 4.90 Å². The molecule has 10 nitrogen and oxygen atoms in total. The average molecular weight is 402 g/mol. The number of rotatable bonds is 4. The van der Waals surface area contributed by atoms with Crippen molar-refractivity contribution in [2.45, 2.75) is 46.2 Å². The molecule has 0 amide bonds. The van der Waals surface area contributed by atoms with Gasteiger partial charge in [-0.05, 0) is 27.2 Å². The zero-order chi connectivity index (χ0) is 20.8. The molecule has 1 aliphatic rings. The van der Waals surface area contributed by atoms with E-state index < -0.39 is 0 Å². The second-order valence-electron chi connectivity index (χ2n) is 7.51. The Morgan fingerprint density at radius 3 is 2.63 bits per heavy atom. The van der Waals surface area contributed by atoms with Gasteiger partial charge in [0, 0.05) is 30.8 Å². The minimum Gasteiger partial charge on any atom is -0.342 e. The lowest BCUT2D eigenvalue weighted by Crippen LogP contribution is -2.41. The largest absolute Gasteiger partial charge is 0.342 e. The molecular formula is C20H22N10. The molecule has 10 heteroatoms. The van der Waals surface area contributed by atoms with Gasteiger partial charge < -0.3 is 4.90 Å². The second kappa shape index (κ2) is 6.97. The topological polar surface area (TPSA) is 103 Å². The van der Waals surface area contributed by atoms with Gasteiger partial charge in [-0.1, -0.05) is 6.92 Å². The van der Waals surface area contributed by atoms with Gasteiger partial charge in [0.25, 0.3) is 0 Å². The smallest absolute Gasteiger partial charge is 0.237 e. The number of aromatic nitrogens is 9. The van der Waals surface area contributed by atoms with Gasteiger partial charge in [-0.2, -0.15) is 4.98 Å². The first-order valence-corrected chi connectivity index (χ1v) is 9.96. The maximum atomic E-state index is 5.00. The first kappa shape index (κ1) is 18.3. The third-order valence-electron chi connectivity index (χ3n) is 5.34. The van der Waals surface area contributed by atoms with Crippen molar-refractivity contribution < 1.29 is 0 Å². The normalized spacial score (nSPS) is 15.4. The molecule has 5 heterocycles. The van der Waals surface area contributed by atoms with Crippen molar-refractivity contribution in [3.05, 3.63) is 49.0 Å². The van der Waals surface area contributed by atoms with Crippen molar-refractivity contribution in [2.24, 2.45) is 0 Å². The van der Waals surface area contributed by atoms with Crippen LogP contribution in [-0.4, -0.2) is 50.3 Å². The van der Waals surface area contributed by atoms with Crippen molar-refractivity contribution >= 4 is 5.82 Å². The quantitative estimate of drug-likeness (QED) is 0.513. The number of aryl methyl sites for hydroxylation is 1. The van der Waals surface area contributed by atoms with Gasteiger partial charge in [-0.15, -0.1) is 10.2 Å². The van der Waals surface area contributed by atoms with Crippen LogP contribution in [0.15, 0.2) is 37.4 Å². The summed E-state index contributed by atoms with van der Waals surface area (Å²) in [6.07, 6.45) is 11.2. The SMILES string of the molecule is CC[C@@H]1c2nncn2-c2c(C)nc(-n3ccnc3-c3cncnc3)nc2N1C(C)C. The van der Waals surface area contributed by atoms with E-state index in [9.17, 15) is 0 Å². The van der Waals surface area contributed by atoms with Crippen LogP contribution in [0.25, 0.3) is 23.0 Å². The zero-order valence-corrected chi connectivity index (χ0v) is 17.3. The van der Waals surface area contributed by atoms with E-state index in [1.54, 1.807) is 24.9 Å². The van der Waals surface area contributed by atoms with E-state index in [1.165, 1.54) is 6.33 Å². The van der Waals surface area contributed by atoms with Gasteiger partial charge in [-0.25, -0.2) is 19.9 Å². The Kier molecular flexibility index (Phi) is 4.27. The fraction of sp³-hybridized carbons (Fsp3) is 0.350. The van der Waals surface area contributed by atoms with Gasteiger partial charge in [0.05, 0.1) is 17.3 Å². The van der Waals surface area contributed by atoms with Crippen LogP contribution < -0.4 is 4.90 Å². The van der Waals surface area contributed by atoms with E-state index in [4.69, 9.17) is 9.97 Å². The summed E-state index contributed by atoms with van der Waals surface area (Å²) in [5.41, 5.74) is 2.57.